The highest BCUT2D eigenvalue weighted by atomic mass is 35.5. The lowest BCUT2D eigenvalue weighted by atomic mass is 9.97. The summed E-state index contributed by atoms with van der Waals surface area (Å²) in [5.74, 6) is 0. The fourth-order valence-electron chi connectivity index (χ4n) is 2.59. The van der Waals surface area contributed by atoms with E-state index in [-0.39, 0.29) is 6.04 Å². The van der Waals surface area contributed by atoms with E-state index in [0.29, 0.717) is 0 Å². The predicted molar refractivity (Wildman–Crippen MR) is 88.9 cm³/mol. The number of hydrogen-bond acceptors (Lipinski definition) is 2. The van der Waals surface area contributed by atoms with Crippen LogP contribution in [0.5, 0.6) is 0 Å². The Bertz CT molecular complexity index is 748. The summed E-state index contributed by atoms with van der Waals surface area (Å²) in [6, 6.07) is 15.0. The summed E-state index contributed by atoms with van der Waals surface area (Å²) in [6.07, 6.45) is 0. The number of hydrogen-bond donors (Lipinski definition) is 1. The van der Waals surface area contributed by atoms with Gasteiger partial charge in [-0.15, -0.1) is 11.3 Å². The Morgan fingerprint density at radius 3 is 2.70 bits per heavy atom. The molecule has 3 rings (SSSR count). The summed E-state index contributed by atoms with van der Waals surface area (Å²) in [7, 11) is 1.98. The molecular weight excluding hydrogens is 286 g/mol. The van der Waals surface area contributed by atoms with Crippen LogP contribution in [0.1, 0.15) is 22.7 Å². The van der Waals surface area contributed by atoms with E-state index in [9.17, 15) is 0 Å². The van der Waals surface area contributed by atoms with Crippen LogP contribution in [0, 0.1) is 6.92 Å². The van der Waals surface area contributed by atoms with Crippen LogP contribution < -0.4 is 5.32 Å². The Morgan fingerprint density at radius 1 is 1.10 bits per heavy atom. The topological polar surface area (TPSA) is 12.0 Å². The molecule has 0 aliphatic carbocycles. The normalized spacial score (nSPS) is 12.8. The molecule has 0 spiro atoms. The monoisotopic (exact) mass is 301 g/mol. The molecule has 0 radical (unpaired) electrons. The number of halogens is 1. The number of rotatable bonds is 3. The van der Waals surface area contributed by atoms with E-state index in [1.54, 1.807) is 11.3 Å². The molecule has 0 amide bonds. The first-order chi connectivity index (χ1) is 9.70. The van der Waals surface area contributed by atoms with Crippen LogP contribution in [-0.2, 0) is 0 Å². The van der Waals surface area contributed by atoms with Gasteiger partial charge in [-0.1, -0.05) is 41.9 Å². The van der Waals surface area contributed by atoms with Crippen molar-refractivity contribution in [3.63, 3.8) is 0 Å². The van der Waals surface area contributed by atoms with Gasteiger partial charge in [-0.05, 0) is 53.6 Å². The Labute approximate surface area is 128 Å². The van der Waals surface area contributed by atoms with Gasteiger partial charge < -0.3 is 5.32 Å². The smallest absolute Gasteiger partial charge is 0.0603 e. The van der Waals surface area contributed by atoms with E-state index in [1.165, 1.54) is 21.2 Å². The summed E-state index contributed by atoms with van der Waals surface area (Å²) < 4.78 is 1.32. The Kier molecular flexibility index (Phi) is 3.79. The van der Waals surface area contributed by atoms with Crippen molar-refractivity contribution in [3.05, 3.63) is 69.6 Å². The number of nitrogens with one attached hydrogen (secondary N) is 1. The number of benzene rings is 2. The quantitative estimate of drug-likeness (QED) is 0.703. The highest BCUT2D eigenvalue weighted by Gasteiger charge is 2.18. The van der Waals surface area contributed by atoms with Gasteiger partial charge in [0.25, 0.3) is 0 Å². The Balaban J connectivity index is 2.16. The molecule has 3 aromatic rings. The van der Waals surface area contributed by atoms with Gasteiger partial charge in [0.15, 0.2) is 0 Å². The minimum atomic E-state index is 0.116. The summed E-state index contributed by atoms with van der Waals surface area (Å²) in [5, 5.41) is 7.64. The van der Waals surface area contributed by atoms with E-state index >= 15 is 0 Å². The first-order valence-corrected chi connectivity index (χ1v) is 7.86. The van der Waals surface area contributed by atoms with E-state index in [4.69, 9.17) is 11.6 Å². The molecular formula is C17H16ClNS. The van der Waals surface area contributed by atoms with E-state index in [0.717, 1.165) is 10.6 Å². The zero-order valence-electron chi connectivity index (χ0n) is 11.5. The molecule has 1 heterocycles. The van der Waals surface area contributed by atoms with Crippen molar-refractivity contribution in [2.75, 3.05) is 7.05 Å². The Morgan fingerprint density at radius 2 is 1.95 bits per heavy atom. The van der Waals surface area contributed by atoms with Crippen molar-refractivity contribution in [1.29, 1.82) is 0 Å². The van der Waals surface area contributed by atoms with Crippen LogP contribution >= 0.6 is 22.9 Å². The third-order valence-electron chi connectivity index (χ3n) is 3.58. The van der Waals surface area contributed by atoms with Crippen LogP contribution in [0.25, 0.3) is 10.1 Å². The average molecular weight is 302 g/mol. The van der Waals surface area contributed by atoms with Crippen molar-refractivity contribution in [1.82, 2.24) is 5.32 Å². The minimum Gasteiger partial charge on any atom is -0.309 e. The largest absolute Gasteiger partial charge is 0.309 e. The molecule has 0 bridgehead atoms. The molecule has 0 saturated carbocycles. The number of thiophene rings is 1. The molecule has 0 saturated heterocycles. The fraction of sp³-hybridized carbons (Fsp3) is 0.176. The second kappa shape index (κ2) is 5.57. The lowest BCUT2D eigenvalue weighted by Crippen LogP contribution is -2.18. The van der Waals surface area contributed by atoms with Crippen LogP contribution in [0.3, 0.4) is 0 Å². The summed E-state index contributed by atoms with van der Waals surface area (Å²) in [4.78, 5) is 0. The molecule has 1 nitrogen and oxygen atoms in total. The summed E-state index contributed by atoms with van der Waals surface area (Å²) in [5.41, 5.74) is 3.59. The van der Waals surface area contributed by atoms with Gasteiger partial charge in [0.05, 0.1) is 6.04 Å². The van der Waals surface area contributed by atoms with E-state index in [2.05, 4.69) is 54.0 Å². The number of aryl methyl sites for hydroxylation is 1. The molecule has 3 heteroatoms. The molecule has 102 valence electrons. The minimum absolute atomic E-state index is 0.116. The number of fused-ring (bicyclic) bond motifs is 1. The second-order valence-corrected chi connectivity index (χ2v) is 6.26. The highest BCUT2D eigenvalue weighted by Crippen LogP contribution is 2.35. The van der Waals surface area contributed by atoms with Gasteiger partial charge in [0.2, 0.25) is 0 Å². The van der Waals surface area contributed by atoms with Gasteiger partial charge in [-0.25, -0.2) is 0 Å². The van der Waals surface area contributed by atoms with Crippen molar-refractivity contribution >= 4 is 33.0 Å². The third-order valence-corrected chi connectivity index (χ3v) is 4.88. The SMILES string of the molecule is CNC(c1ccc(C)cc1Cl)c1cccc2ccsc12. The molecule has 0 aliphatic rings. The van der Waals surface area contributed by atoms with Crippen molar-refractivity contribution in [2.24, 2.45) is 0 Å². The zero-order valence-corrected chi connectivity index (χ0v) is 13.1. The van der Waals surface area contributed by atoms with Crippen molar-refractivity contribution in [3.8, 4) is 0 Å². The average Bonchev–Trinajstić information content (AvgIpc) is 2.91. The second-order valence-electron chi connectivity index (χ2n) is 4.93. The Hall–Kier alpha value is -1.35. The maximum absolute atomic E-state index is 6.44. The molecule has 2 aromatic carbocycles. The van der Waals surface area contributed by atoms with Crippen LogP contribution in [0.15, 0.2) is 47.8 Å². The molecule has 0 aliphatic heterocycles. The molecule has 1 unspecified atom stereocenters. The summed E-state index contributed by atoms with van der Waals surface area (Å²) >= 11 is 8.22. The van der Waals surface area contributed by atoms with Crippen molar-refractivity contribution < 1.29 is 0 Å². The van der Waals surface area contributed by atoms with E-state index in [1.807, 2.05) is 13.1 Å². The van der Waals surface area contributed by atoms with Crippen LogP contribution in [0.2, 0.25) is 5.02 Å². The van der Waals surface area contributed by atoms with Gasteiger partial charge in [-0.2, -0.15) is 0 Å². The molecule has 1 aromatic heterocycles. The molecule has 1 atom stereocenters. The van der Waals surface area contributed by atoms with E-state index < -0.39 is 0 Å². The first kappa shape index (κ1) is 13.6. The maximum Gasteiger partial charge on any atom is 0.0603 e. The van der Waals surface area contributed by atoms with Gasteiger partial charge in [0, 0.05) is 9.72 Å². The van der Waals surface area contributed by atoms with Gasteiger partial charge >= 0.3 is 0 Å². The molecule has 20 heavy (non-hydrogen) atoms. The van der Waals surface area contributed by atoms with Crippen LogP contribution in [-0.4, -0.2) is 7.05 Å². The lowest BCUT2D eigenvalue weighted by Gasteiger charge is -2.19. The molecule has 0 fully saturated rings. The third kappa shape index (κ3) is 2.35. The van der Waals surface area contributed by atoms with Gasteiger partial charge in [0.1, 0.15) is 0 Å². The van der Waals surface area contributed by atoms with Crippen LogP contribution in [0.4, 0.5) is 0 Å². The fourth-order valence-corrected chi connectivity index (χ4v) is 3.88. The maximum atomic E-state index is 6.44. The first-order valence-electron chi connectivity index (χ1n) is 6.60. The van der Waals surface area contributed by atoms with Crippen molar-refractivity contribution in [2.45, 2.75) is 13.0 Å². The molecule has 1 N–H and O–H groups in total. The summed E-state index contributed by atoms with van der Waals surface area (Å²) in [6.45, 7) is 2.06. The predicted octanol–water partition coefficient (Wildman–Crippen LogP) is 5.17. The zero-order chi connectivity index (χ0) is 14.1. The standard InChI is InChI=1S/C17H16ClNS/c1-11-6-7-13(15(18)10-11)16(19-2)14-5-3-4-12-8-9-20-17(12)14/h3-10,16,19H,1-2H3. The van der Waals surface area contributed by atoms with Gasteiger partial charge in [-0.3, -0.25) is 0 Å². The highest BCUT2D eigenvalue weighted by molar-refractivity contribution is 7.17. The lowest BCUT2D eigenvalue weighted by molar-refractivity contribution is 0.697.